The molecule has 0 atom stereocenters. The second-order valence-electron chi connectivity index (χ2n) is 6.33. The minimum atomic E-state index is -0.937. The maximum absolute atomic E-state index is 11.1. The summed E-state index contributed by atoms with van der Waals surface area (Å²) in [4.78, 5) is 20.0. The summed E-state index contributed by atoms with van der Waals surface area (Å²) in [5.41, 5.74) is 0.476. The number of nitrogens with one attached hydrogen (secondary N) is 1. The highest BCUT2D eigenvalue weighted by molar-refractivity contribution is 14.1. The first-order chi connectivity index (χ1) is 10.4. The monoisotopic (exact) mass is 432 g/mol. The third-order valence-corrected chi connectivity index (χ3v) is 6.18. The van der Waals surface area contributed by atoms with Crippen LogP contribution in [0.2, 0.25) is 5.15 Å². The molecule has 0 radical (unpaired) electrons. The highest BCUT2D eigenvalue weighted by atomic mass is 127. The van der Waals surface area contributed by atoms with Gasteiger partial charge in [0.1, 0.15) is 15.0 Å². The van der Waals surface area contributed by atoms with Crippen LogP contribution >= 0.6 is 34.2 Å². The van der Waals surface area contributed by atoms with Crippen LogP contribution in [0.4, 0.5) is 4.79 Å². The lowest BCUT2D eigenvalue weighted by Gasteiger charge is -2.27. The molecule has 22 heavy (non-hydrogen) atoms. The molecule has 2 fully saturated rings. The Balaban J connectivity index is 1.81. The average Bonchev–Trinajstić information content (AvgIpc) is 3.09. The van der Waals surface area contributed by atoms with Gasteiger partial charge in [-0.15, -0.1) is 0 Å². The van der Waals surface area contributed by atoms with Gasteiger partial charge >= 0.3 is 6.09 Å². The summed E-state index contributed by atoms with van der Waals surface area (Å²) in [6.07, 6.45) is 7.07. The molecule has 1 amide bonds. The van der Waals surface area contributed by atoms with Crippen molar-refractivity contribution >= 4 is 45.8 Å². The fraction of sp³-hybridized carbons (Fsp3) is 0.500. The number of hydrogen-bond acceptors (Lipinski definition) is 3. The van der Waals surface area contributed by atoms with Crippen molar-refractivity contribution < 1.29 is 9.90 Å². The fourth-order valence-corrected chi connectivity index (χ4v) is 5.38. The van der Waals surface area contributed by atoms with Crippen LogP contribution in [0, 0.1) is 3.70 Å². The van der Waals surface area contributed by atoms with Crippen molar-refractivity contribution in [1.29, 1.82) is 0 Å². The van der Waals surface area contributed by atoms with Crippen LogP contribution in [-0.2, 0) is 5.41 Å². The number of rotatable bonds is 2. The standard InChI is InChI=1S/C14H14ClIN4O2/c15-9-8-10(16)18-11(20(8)6-5-17-9)13-1-3-14(7-13,4-2-13)19-12(21)22/h5-6,19H,1-4,7H2,(H,21,22). The Bertz CT molecular complexity index is 782. The summed E-state index contributed by atoms with van der Waals surface area (Å²) >= 11 is 8.40. The maximum atomic E-state index is 11.1. The molecule has 0 unspecified atom stereocenters. The minimum absolute atomic E-state index is 0.0700. The van der Waals surface area contributed by atoms with Crippen molar-refractivity contribution in [2.75, 3.05) is 0 Å². The molecule has 0 saturated heterocycles. The predicted molar refractivity (Wildman–Crippen MR) is 89.4 cm³/mol. The van der Waals surface area contributed by atoms with Crippen molar-refractivity contribution in [3.8, 4) is 0 Å². The number of fused-ring (bicyclic) bond motifs is 3. The molecular weight excluding hydrogens is 419 g/mol. The van der Waals surface area contributed by atoms with E-state index >= 15 is 0 Å². The SMILES string of the molecule is O=C(O)NC12CCC(c3nc(I)c4c(Cl)nccn34)(CC1)C2. The maximum Gasteiger partial charge on any atom is 0.405 e. The molecule has 2 bridgehead atoms. The number of nitrogens with zero attached hydrogens (tertiary/aromatic N) is 3. The Morgan fingerprint density at radius 3 is 2.82 bits per heavy atom. The number of hydrogen-bond donors (Lipinski definition) is 2. The van der Waals surface area contributed by atoms with Crippen LogP contribution in [0.1, 0.15) is 37.9 Å². The molecule has 6 nitrogen and oxygen atoms in total. The molecule has 0 spiro atoms. The van der Waals surface area contributed by atoms with E-state index in [1.54, 1.807) is 6.20 Å². The molecule has 2 saturated carbocycles. The van der Waals surface area contributed by atoms with Crippen LogP contribution < -0.4 is 5.32 Å². The van der Waals surface area contributed by atoms with Gasteiger partial charge in [0.2, 0.25) is 0 Å². The number of imidazole rings is 1. The molecule has 0 aromatic carbocycles. The Hall–Kier alpha value is -1.09. The molecule has 0 aliphatic heterocycles. The molecule has 2 aliphatic rings. The van der Waals surface area contributed by atoms with Crippen molar-refractivity contribution in [3.63, 3.8) is 0 Å². The number of aromatic nitrogens is 3. The van der Waals surface area contributed by atoms with Crippen LogP contribution in [0.25, 0.3) is 5.52 Å². The van der Waals surface area contributed by atoms with E-state index in [1.165, 1.54) is 0 Å². The van der Waals surface area contributed by atoms with Crippen molar-refractivity contribution in [2.24, 2.45) is 0 Å². The van der Waals surface area contributed by atoms with E-state index in [-0.39, 0.29) is 11.0 Å². The first-order valence-electron chi connectivity index (χ1n) is 7.14. The van der Waals surface area contributed by atoms with Gasteiger partial charge in [0.15, 0.2) is 5.15 Å². The first-order valence-corrected chi connectivity index (χ1v) is 8.60. The lowest BCUT2D eigenvalue weighted by molar-refractivity contribution is 0.177. The van der Waals surface area contributed by atoms with E-state index in [0.29, 0.717) is 5.15 Å². The summed E-state index contributed by atoms with van der Waals surface area (Å²) in [6, 6.07) is 0. The van der Waals surface area contributed by atoms with Gasteiger partial charge in [0.25, 0.3) is 0 Å². The lowest BCUT2D eigenvalue weighted by Crippen LogP contribution is -2.44. The Morgan fingerprint density at radius 2 is 2.14 bits per heavy atom. The Kier molecular flexibility index (Phi) is 3.10. The van der Waals surface area contributed by atoms with Gasteiger partial charge in [0.05, 0.1) is 0 Å². The quantitative estimate of drug-likeness (QED) is 0.714. The Morgan fingerprint density at radius 1 is 1.41 bits per heavy atom. The summed E-state index contributed by atoms with van der Waals surface area (Å²) in [6.45, 7) is 0. The molecule has 4 rings (SSSR count). The zero-order valence-electron chi connectivity index (χ0n) is 11.6. The van der Waals surface area contributed by atoms with Crippen molar-refractivity contribution in [3.05, 3.63) is 27.1 Å². The molecular formula is C14H14ClIN4O2. The van der Waals surface area contributed by atoms with E-state index in [9.17, 15) is 4.79 Å². The van der Waals surface area contributed by atoms with Crippen LogP contribution in [0.3, 0.4) is 0 Å². The Labute approximate surface area is 145 Å². The normalized spacial score (nSPS) is 30.1. The third-order valence-electron chi connectivity index (χ3n) is 5.16. The van der Waals surface area contributed by atoms with Crippen molar-refractivity contribution in [2.45, 2.75) is 43.1 Å². The molecule has 2 aliphatic carbocycles. The van der Waals surface area contributed by atoms with Gasteiger partial charge in [-0.2, -0.15) is 0 Å². The van der Waals surface area contributed by atoms with Gasteiger partial charge < -0.3 is 10.4 Å². The molecule has 116 valence electrons. The van der Waals surface area contributed by atoms with Gasteiger partial charge in [0, 0.05) is 23.3 Å². The fourth-order valence-electron chi connectivity index (χ4n) is 4.24. The smallest absolute Gasteiger partial charge is 0.405 e. The lowest BCUT2D eigenvalue weighted by atomic mass is 9.83. The summed E-state index contributed by atoms with van der Waals surface area (Å²) in [7, 11) is 0. The molecule has 8 heteroatoms. The zero-order chi connectivity index (χ0) is 15.5. The van der Waals surface area contributed by atoms with E-state index in [1.807, 2.05) is 10.6 Å². The molecule has 2 aromatic heterocycles. The van der Waals surface area contributed by atoms with Gasteiger partial charge in [-0.1, -0.05) is 11.6 Å². The highest BCUT2D eigenvalue weighted by Gasteiger charge is 2.57. The van der Waals surface area contributed by atoms with E-state index in [4.69, 9.17) is 21.7 Å². The second kappa shape index (κ2) is 4.70. The van der Waals surface area contributed by atoms with E-state index < -0.39 is 6.09 Å². The van der Waals surface area contributed by atoms with E-state index in [0.717, 1.165) is 47.1 Å². The van der Waals surface area contributed by atoms with Gasteiger partial charge in [-0.3, -0.25) is 4.40 Å². The van der Waals surface area contributed by atoms with Gasteiger partial charge in [-0.25, -0.2) is 14.8 Å². The largest absolute Gasteiger partial charge is 0.465 e. The molecule has 2 N–H and O–H groups in total. The van der Waals surface area contributed by atoms with Crippen molar-refractivity contribution in [1.82, 2.24) is 19.7 Å². The number of amides is 1. The van der Waals surface area contributed by atoms with Crippen LogP contribution in [0.15, 0.2) is 12.4 Å². The molecule has 2 heterocycles. The molecule has 2 aromatic rings. The van der Waals surface area contributed by atoms with E-state index in [2.05, 4.69) is 32.9 Å². The number of halogens is 2. The number of carboxylic acid groups (broad SMARTS) is 1. The average molecular weight is 433 g/mol. The van der Waals surface area contributed by atoms with Crippen LogP contribution in [0.5, 0.6) is 0 Å². The van der Waals surface area contributed by atoms with Gasteiger partial charge in [-0.05, 0) is 54.7 Å². The minimum Gasteiger partial charge on any atom is -0.465 e. The summed E-state index contributed by atoms with van der Waals surface area (Å²) in [5, 5.41) is 12.3. The predicted octanol–water partition coefficient (Wildman–Crippen LogP) is 3.21. The highest BCUT2D eigenvalue weighted by Crippen LogP contribution is 2.57. The zero-order valence-corrected chi connectivity index (χ0v) is 14.6. The van der Waals surface area contributed by atoms with Crippen LogP contribution in [-0.4, -0.2) is 31.1 Å². The summed E-state index contributed by atoms with van der Waals surface area (Å²) < 4.78 is 2.87. The second-order valence-corrected chi connectivity index (χ2v) is 7.71. The summed E-state index contributed by atoms with van der Waals surface area (Å²) in [5.74, 6) is 0.989. The first kappa shape index (κ1) is 14.5. The third kappa shape index (κ3) is 1.94. The topological polar surface area (TPSA) is 79.5 Å². The number of carbonyl (C=O) groups is 1.